The zero-order valence-electron chi connectivity index (χ0n) is 15.5. The summed E-state index contributed by atoms with van der Waals surface area (Å²) in [6, 6.07) is 12.0. The van der Waals surface area contributed by atoms with Crippen LogP contribution in [0.3, 0.4) is 0 Å². The maximum atomic E-state index is 12.2. The highest BCUT2D eigenvalue weighted by Gasteiger charge is 2.22. The molecule has 0 radical (unpaired) electrons. The van der Waals surface area contributed by atoms with E-state index in [1.165, 1.54) is 10.2 Å². The Morgan fingerprint density at radius 3 is 2.79 bits per heavy atom. The molecule has 2 aromatic heterocycles. The molecular formula is C20H23N7O. The summed E-state index contributed by atoms with van der Waals surface area (Å²) in [4.78, 5) is 22.9. The molecule has 0 aliphatic carbocycles. The van der Waals surface area contributed by atoms with Crippen molar-refractivity contribution in [3.63, 3.8) is 0 Å². The van der Waals surface area contributed by atoms with Gasteiger partial charge in [-0.2, -0.15) is 5.10 Å². The van der Waals surface area contributed by atoms with Crippen molar-refractivity contribution in [2.45, 2.75) is 13.0 Å². The van der Waals surface area contributed by atoms with Gasteiger partial charge in [0.15, 0.2) is 0 Å². The van der Waals surface area contributed by atoms with E-state index in [1.54, 1.807) is 30.9 Å². The van der Waals surface area contributed by atoms with E-state index in [1.807, 2.05) is 6.07 Å². The lowest BCUT2D eigenvalue weighted by atomic mass is 10.1. The van der Waals surface area contributed by atoms with E-state index in [4.69, 9.17) is 0 Å². The van der Waals surface area contributed by atoms with Crippen LogP contribution in [0.1, 0.15) is 12.0 Å². The van der Waals surface area contributed by atoms with Gasteiger partial charge in [0.05, 0.1) is 18.1 Å². The molecule has 3 aromatic rings. The van der Waals surface area contributed by atoms with Crippen molar-refractivity contribution in [3.05, 3.63) is 66.7 Å². The van der Waals surface area contributed by atoms with Crippen molar-refractivity contribution in [2.75, 3.05) is 25.0 Å². The molecule has 0 saturated carbocycles. The molecule has 28 heavy (non-hydrogen) atoms. The molecule has 2 amide bonds. The third-order valence-electron chi connectivity index (χ3n) is 4.77. The number of carbonyl (C=O) groups excluding carboxylic acids is 1. The van der Waals surface area contributed by atoms with E-state index in [2.05, 4.69) is 54.9 Å². The van der Waals surface area contributed by atoms with Crippen LogP contribution in [-0.2, 0) is 6.54 Å². The summed E-state index contributed by atoms with van der Waals surface area (Å²) in [7, 11) is 0. The van der Waals surface area contributed by atoms with E-state index >= 15 is 0 Å². The third kappa shape index (κ3) is 4.72. The number of aromatic nitrogens is 4. The normalized spacial score (nSPS) is 16.8. The maximum absolute atomic E-state index is 12.2. The highest BCUT2D eigenvalue weighted by Crippen LogP contribution is 2.18. The van der Waals surface area contributed by atoms with Crippen LogP contribution in [0.5, 0.6) is 0 Å². The number of carbonyl (C=O) groups is 1. The van der Waals surface area contributed by atoms with Crippen molar-refractivity contribution >= 4 is 11.7 Å². The Labute approximate surface area is 163 Å². The van der Waals surface area contributed by atoms with Gasteiger partial charge in [-0.05, 0) is 30.5 Å². The minimum Gasteiger partial charge on any atom is -0.338 e. The standard InChI is InChI=1S/C20H23N7O/c28-20(25-18-12-24-27(15-18)19-21-8-4-9-22-19)23-11-17-7-10-26(14-17)13-16-5-2-1-3-6-16/h1-6,8-9,12,15,17H,7,10-11,13-14H2,(H2,23,25,28). The summed E-state index contributed by atoms with van der Waals surface area (Å²) in [5, 5.41) is 9.94. The summed E-state index contributed by atoms with van der Waals surface area (Å²) in [5.74, 6) is 0.926. The van der Waals surface area contributed by atoms with Crippen LogP contribution in [0.25, 0.3) is 5.95 Å². The minimum atomic E-state index is -0.227. The van der Waals surface area contributed by atoms with Gasteiger partial charge in [0.25, 0.3) is 0 Å². The van der Waals surface area contributed by atoms with Crippen LogP contribution in [0.15, 0.2) is 61.2 Å². The highest BCUT2D eigenvalue weighted by atomic mass is 16.2. The molecule has 4 rings (SSSR count). The van der Waals surface area contributed by atoms with Gasteiger partial charge in [-0.1, -0.05) is 30.3 Å². The Morgan fingerprint density at radius 1 is 1.14 bits per heavy atom. The first kappa shape index (κ1) is 18.1. The minimum absolute atomic E-state index is 0.227. The number of anilines is 1. The second-order valence-corrected chi connectivity index (χ2v) is 6.93. The molecule has 8 heteroatoms. The molecule has 1 aliphatic rings. The number of benzene rings is 1. The summed E-state index contributed by atoms with van der Waals surface area (Å²) >= 11 is 0. The zero-order valence-corrected chi connectivity index (χ0v) is 15.5. The molecule has 1 aliphatic heterocycles. The average Bonchev–Trinajstić information content (AvgIpc) is 3.37. The van der Waals surface area contributed by atoms with Crippen LogP contribution in [0.4, 0.5) is 10.5 Å². The molecule has 2 N–H and O–H groups in total. The molecule has 0 bridgehead atoms. The van der Waals surface area contributed by atoms with Crippen LogP contribution in [-0.4, -0.2) is 50.3 Å². The fourth-order valence-electron chi connectivity index (χ4n) is 3.38. The maximum Gasteiger partial charge on any atom is 0.319 e. The van der Waals surface area contributed by atoms with Gasteiger partial charge in [-0.15, -0.1) is 0 Å². The van der Waals surface area contributed by atoms with Crippen LogP contribution in [0, 0.1) is 5.92 Å². The van der Waals surface area contributed by atoms with E-state index in [0.717, 1.165) is 26.1 Å². The molecule has 0 spiro atoms. The Bertz CT molecular complexity index is 897. The molecule has 144 valence electrons. The van der Waals surface area contributed by atoms with Gasteiger partial charge >= 0.3 is 6.03 Å². The fraction of sp³-hybridized carbons (Fsp3) is 0.300. The lowest BCUT2D eigenvalue weighted by Gasteiger charge is -2.16. The Kier molecular flexibility index (Phi) is 5.58. The van der Waals surface area contributed by atoms with Crippen LogP contribution in [0.2, 0.25) is 0 Å². The quantitative estimate of drug-likeness (QED) is 0.688. The van der Waals surface area contributed by atoms with Gasteiger partial charge in [-0.3, -0.25) is 4.90 Å². The number of nitrogens with zero attached hydrogens (tertiary/aromatic N) is 5. The van der Waals surface area contributed by atoms with E-state index in [-0.39, 0.29) is 6.03 Å². The van der Waals surface area contributed by atoms with Crippen molar-refractivity contribution < 1.29 is 4.79 Å². The van der Waals surface area contributed by atoms with E-state index in [0.29, 0.717) is 24.1 Å². The third-order valence-corrected chi connectivity index (χ3v) is 4.77. The topological polar surface area (TPSA) is 88.0 Å². The number of urea groups is 1. The van der Waals surface area contributed by atoms with E-state index in [9.17, 15) is 4.79 Å². The van der Waals surface area contributed by atoms with Crippen LogP contribution < -0.4 is 10.6 Å². The molecular weight excluding hydrogens is 354 g/mol. The number of nitrogens with one attached hydrogen (secondary N) is 2. The van der Waals surface area contributed by atoms with E-state index < -0.39 is 0 Å². The van der Waals surface area contributed by atoms with Crippen LogP contribution >= 0.6 is 0 Å². The number of rotatable bonds is 6. The molecule has 1 atom stereocenters. The molecule has 1 fully saturated rings. The van der Waals surface area contributed by atoms with Gasteiger partial charge in [-0.25, -0.2) is 19.4 Å². The predicted octanol–water partition coefficient (Wildman–Crippen LogP) is 2.31. The zero-order chi connectivity index (χ0) is 19.2. The lowest BCUT2D eigenvalue weighted by Crippen LogP contribution is -2.34. The van der Waals surface area contributed by atoms with Gasteiger partial charge < -0.3 is 10.6 Å². The van der Waals surface area contributed by atoms with Crippen molar-refractivity contribution in [3.8, 4) is 5.95 Å². The summed E-state index contributed by atoms with van der Waals surface area (Å²) in [5.41, 5.74) is 1.93. The highest BCUT2D eigenvalue weighted by molar-refractivity contribution is 5.88. The Balaban J connectivity index is 1.21. The molecule has 3 heterocycles. The van der Waals surface area contributed by atoms with Gasteiger partial charge in [0.2, 0.25) is 5.95 Å². The second-order valence-electron chi connectivity index (χ2n) is 6.93. The largest absolute Gasteiger partial charge is 0.338 e. The first-order valence-electron chi connectivity index (χ1n) is 9.39. The molecule has 1 saturated heterocycles. The summed E-state index contributed by atoms with van der Waals surface area (Å²) < 4.78 is 1.52. The first-order valence-corrected chi connectivity index (χ1v) is 9.39. The number of likely N-dealkylation sites (tertiary alicyclic amines) is 1. The average molecular weight is 377 g/mol. The molecule has 8 nitrogen and oxygen atoms in total. The lowest BCUT2D eigenvalue weighted by molar-refractivity contribution is 0.249. The smallest absolute Gasteiger partial charge is 0.319 e. The van der Waals surface area contributed by atoms with Crippen molar-refractivity contribution in [1.29, 1.82) is 0 Å². The first-order chi connectivity index (χ1) is 13.8. The van der Waals surface area contributed by atoms with Gasteiger partial charge in [0, 0.05) is 32.0 Å². The molecule has 1 unspecified atom stereocenters. The Hall–Kier alpha value is -3.26. The van der Waals surface area contributed by atoms with Crippen molar-refractivity contribution in [1.82, 2.24) is 30.0 Å². The Morgan fingerprint density at radius 2 is 1.96 bits per heavy atom. The monoisotopic (exact) mass is 377 g/mol. The number of amides is 2. The summed E-state index contributed by atoms with van der Waals surface area (Å²) in [6.45, 7) is 3.68. The molecule has 1 aromatic carbocycles. The van der Waals surface area contributed by atoms with Gasteiger partial charge in [0.1, 0.15) is 0 Å². The predicted molar refractivity (Wildman–Crippen MR) is 106 cm³/mol. The number of hydrogen-bond acceptors (Lipinski definition) is 5. The number of hydrogen-bond donors (Lipinski definition) is 2. The fourth-order valence-corrected chi connectivity index (χ4v) is 3.38. The second kappa shape index (κ2) is 8.62. The van der Waals surface area contributed by atoms with Crippen molar-refractivity contribution in [2.24, 2.45) is 5.92 Å². The SMILES string of the molecule is O=C(NCC1CCN(Cc2ccccc2)C1)Nc1cnn(-c2ncccn2)c1. The summed E-state index contributed by atoms with van der Waals surface area (Å²) in [6.07, 6.45) is 7.65.